The van der Waals surface area contributed by atoms with Gasteiger partial charge in [-0.05, 0) is 24.0 Å². The molecule has 4 rings (SSSR count). The summed E-state index contributed by atoms with van der Waals surface area (Å²) >= 11 is 0. The van der Waals surface area contributed by atoms with E-state index in [1.165, 1.54) is 24.0 Å². The Bertz CT molecular complexity index is 228. The quantitative estimate of drug-likeness (QED) is 0.478. The summed E-state index contributed by atoms with van der Waals surface area (Å²) in [6.07, 6.45) is 3.63. The Balaban J connectivity index is 2.06. The molecule has 0 aromatic heterocycles. The van der Waals surface area contributed by atoms with Crippen LogP contribution in [0.4, 0.5) is 0 Å². The average molecular weight is 148 g/mol. The molecule has 1 aliphatic heterocycles. The number of epoxide rings is 1. The van der Waals surface area contributed by atoms with E-state index >= 15 is 0 Å². The summed E-state index contributed by atoms with van der Waals surface area (Å²) in [5, 5.41) is 0. The fourth-order valence-electron chi connectivity index (χ4n) is 2.69. The topological polar surface area (TPSA) is 12.5 Å². The Labute approximate surface area is 66.7 Å². The second-order valence-corrected chi connectivity index (χ2v) is 3.91. The first-order chi connectivity index (χ1) is 5.29. The Kier molecular flexibility index (Phi) is 0.880. The van der Waals surface area contributed by atoms with Gasteiger partial charge in [0.15, 0.2) is 0 Å². The van der Waals surface area contributed by atoms with Gasteiger partial charge in [-0.25, -0.2) is 0 Å². The Morgan fingerprint density at radius 2 is 1.45 bits per heavy atom. The molecule has 0 amide bonds. The summed E-state index contributed by atoms with van der Waals surface area (Å²) in [4.78, 5) is 0. The average Bonchev–Trinajstić information content (AvgIpc) is 2.76. The van der Waals surface area contributed by atoms with Crippen LogP contribution in [-0.4, -0.2) is 12.2 Å². The predicted octanol–water partition coefficient (Wildman–Crippen LogP) is 1.91. The lowest BCUT2D eigenvalue weighted by atomic mass is 9.66. The van der Waals surface area contributed by atoms with Gasteiger partial charge < -0.3 is 4.74 Å². The van der Waals surface area contributed by atoms with Gasteiger partial charge in [0.25, 0.3) is 0 Å². The van der Waals surface area contributed by atoms with Crippen LogP contribution in [0.1, 0.15) is 12.8 Å². The molecule has 0 N–H and O–H groups in total. The lowest BCUT2D eigenvalue weighted by molar-refractivity contribution is 0.348. The third kappa shape index (κ3) is 0.564. The van der Waals surface area contributed by atoms with E-state index in [0.717, 1.165) is 0 Å². The number of fused-ring (bicyclic) bond motifs is 2. The van der Waals surface area contributed by atoms with Crippen molar-refractivity contribution in [2.45, 2.75) is 25.0 Å². The minimum absolute atomic E-state index is 0.534. The lowest BCUT2D eigenvalue weighted by Crippen LogP contribution is -2.33. The molecule has 4 atom stereocenters. The molecule has 0 spiro atoms. The van der Waals surface area contributed by atoms with Crippen LogP contribution >= 0.6 is 0 Å². The lowest BCUT2D eigenvalue weighted by Gasteiger charge is -2.36. The maximum absolute atomic E-state index is 5.58. The van der Waals surface area contributed by atoms with Crippen molar-refractivity contribution in [2.24, 2.45) is 11.8 Å². The Morgan fingerprint density at radius 3 is 1.91 bits per heavy atom. The third-order valence-electron chi connectivity index (χ3n) is 3.45. The molecule has 0 unspecified atom stereocenters. The van der Waals surface area contributed by atoms with Crippen LogP contribution in [0.5, 0.6) is 0 Å². The van der Waals surface area contributed by atoms with Gasteiger partial charge >= 0.3 is 0 Å². The van der Waals surface area contributed by atoms with Crippen molar-refractivity contribution in [3.05, 3.63) is 24.3 Å². The van der Waals surface area contributed by atoms with Crippen molar-refractivity contribution in [3.8, 4) is 0 Å². The number of rotatable bonds is 0. The molecule has 4 fully saturated rings. The van der Waals surface area contributed by atoms with Crippen LogP contribution < -0.4 is 0 Å². The largest absolute Gasteiger partial charge is 0.368 e. The van der Waals surface area contributed by atoms with E-state index in [9.17, 15) is 0 Å². The van der Waals surface area contributed by atoms with E-state index in [0.29, 0.717) is 24.0 Å². The molecular weight excluding hydrogens is 136 g/mol. The summed E-state index contributed by atoms with van der Waals surface area (Å²) < 4.78 is 5.58. The Hall–Kier alpha value is -0.560. The fraction of sp³-hybridized carbons (Fsp3) is 0.600. The highest BCUT2D eigenvalue weighted by Crippen LogP contribution is 2.56. The molecule has 0 aromatic rings. The van der Waals surface area contributed by atoms with Crippen molar-refractivity contribution >= 4 is 0 Å². The van der Waals surface area contributed by atoms with Crippen molar-refractivity contribution in [1.29, 1.82) is 0 Å². The van der Waals surface area contributed by atoms with Crippen molar-refractivity contribution in [2.75, 3.05) is 0 Å². The zero-order chi connectivity index (χ0) is 7.59. The third-order valence-corrected chi connectivity index (χ3v) is 3.45. The highest BCUT2D eigenvalue weighted by molar-refractivity contribution is 5.41. The summed E-state index contributed by atoms with van der Waals surface area (Å²) in [5.74, 6) is 1.25. The van der Waals surface area contributed by atoms with Gasteiger partial charge in [0.05, 0.1) is 12.2 Å². The first-order valence-electron chi connectivity index (χ1n) is 4.32. The minimum Gasteiger partial charge on any atom is -0.368 e. The molecule has 3 saturated carbocycles. The van der Waals surface area contributed by atoms with Gasteiger partial charge in [-0.2, -0.15) is 0 Å². The van der Waals surface area contributed by atoms with Crippen LogP contribution in [-0.2, 0) is 4.74 Å². The molecule has 0 aromatic carbocycles. The van der Waals surface area contributed by atoms with Crippen LogP contribution in [0.2, 0.25) is 0 Å². The van der Waals surface area contributed by atoms with E-state index < -0.39 is 0 Å². The first kappa shape index (κ1) is 6.01. The van der Waals surface area contributed by atoms with Gasteiger partial charge in [-0.3, -0.25) is 0 Å². The standard InChI is InChI=1S/C10H12O/c1-5-6(2)8-4-3-7(5)9-10(8)11-9/h7-10H,1-4H2/t7-,8+,9-,10+. The van der Waals surface area contributed by atoms with Crippen LogP contribution in [0.3, 0.4) is 0 Å². The van der Waals surface area contributed by atoms with E-state index in [2.05, 4.69) is 13.2 Å². The molecule has 1 nitrogen and oxygen atoms in total. The zero-order valence-electron chi connectivity index (χ0n) is 6.55. The maximum Gasteiger partial charge on any atom is 0.0916 e. The van der Waals surface area contributed by atoms with E-state index in [1.807, 2.05) is 0 Å². The second kappa shape index (κ2) is 1.61. The normalized spacial score (nSPS) is 52.7. The molecule has 1 heteroatoms. The summed E-state index contributed by atoms with van der Waals surface area (Å²) in [7, 11) is 0. The summed E-state index contributed by atoms with van der Waals surface area (Å²) in [6.45, 7) is 8.15. The first-order valence-corrected chi connectivity index (χ1v) is 4.32. The molecule has 3 aliphatic carbocycles. The van der Waals surface area contributed by atoms with Crippen LogP contribution in [0.25, 0.3) is 0 Å². The van der Waals surface area contributed by atoms with Crippen LogP contribution in [0, 0.1) is 11.8 Å². The van der Waals surface area contributed by atoms with E-state index in [4.69, 9.17) is 4.74 Å². The van der Waals surface area contributed by atoms with Crippen LogP contribution in [0.15, 0.2) is 24.3 Å². The molecule has 58 valence electrons. The van der Waals surface area contributed by atoms with Crippen molar-refractivity contribution < 1.29 is 4.74 Å². The second-order valence-electron chi connectivity index (χ2n) is 3.91. The van der Waals surface area contributed by atoms with Crippen molar-refractivity contribution in [3.63, 3.8) is 0 Å². The fourth-order valence-corrected chi connectivity index (χ4v) is 2.69. The van der Waals surface area contributed by atoms with Gasteiger partial charge in [-0.15, -0.1) is 0 Å². The van der Waals surface area contributed by atoms with Crippen molar-refractivity contribution in [1.82, 2.24) is 0 Å². The molecule has 4 aliphatic rings. The smallest absolute Gasteiger partial charge is 0.0916 e. The number of hydrogen-bond donors (Lipinski definition) is 0. The van der Waals surface area contributed by atoms with Gasteiger partial charge in [0.2, 0.25) is 0 Å². The SMILES string of the molecule is C=C1C(=C)[C@@H]2CC[C@H]1[C@H]1O[C@H]12. The highest BCUT2D eigenvalue weighted by atomic mass is 16.6. The predicted molar refractivity (Wildman–Crippen MR) is 43.2 cm³/mol. The van der Waals surface area contributed by atoms with Gasteiger partial charge in [-0.1, -0.05) is 13.2 Å². The summed E-state index contributed by atoms with van der Waals surface area (Å²) in [6, 6.07) is 0. The molecule has 2 bridgehead atoms. The molecule has 1 saturated heterocycles. The summed E-state index contributed by atoms with van der Waals surface area (Å²) in [5.41, 5.74) is 2.56. The Morgan fingerprint density at radius 1 is 1.00 bits per heavy atom. The van der Waals surface area contributed by atoms with Gasteiger partial charge in [0, 0.05) is 11.8 Å². The number of ether oxygens (including phenoxy) is 1. The van der Waals surface area contributed by atoms with E-state index in [-0.39, 0.29) is 0 Å². The monoisotopic (exact) mass is 148 g/mol. The zero-order valence-corrected chi connectivity index (χ0v) is 6.55. The number of hydrogen-bond acceptors (Lipinski definition) is 1. The van der Waals surface area contributed by atoms with Gasteiger partial charge in [0.1, 0.15) is 0 Å². The molecule has 11 heavy (non-hydrogen) atoms. The van der Waals surface area contributed by atoms with E-state index in [1.54, 1.807) is 0 Å². The maximum atomic E-state index is 5.58. The highest BCUT2D eigenvalue weighted by Gasteiger charge is 2.58. The molecular formula is C10H12O. The molecule has 1 heterocycles. The minimum atomic E-state index is 0.534. The molecule has 0 radical (unpaired) electrons.